The third kappa shape index (κ3) is 3.76. The maximum absolute atomic E-state index is 12.8. The number of hydrogen-bond acceptors (Lipinski definition) is 4. The largest absolute Gasteiger partial charge is 0.489 e. The summed E-state index contributed by atoms with van der Waals surface area (Å²) in [5, 5.41) is 20.4. The van der Waals surface area contributed by atoms with E-state index >= 15 is 0 Å². The number of nitro benzene ring substituents is 1. The van der Waals surface area contributed by atoms with Crippen molar-refractivity contribution in [2.24, 2.45) is 0 Å². The maximum Gasteiger partial charge on any atom is 0.270 e. The van der Waals surface area contributed by atoms with Crippen molar-refractivity contribution in [1.82, 2.24) is 0 Å². The van der Waals surface area contributed by atoms with Crippen molar-refractivity contribution in [3.63, 3.8) is 0 Å². The summed E-state index contributed by atoms with van der Waals surface area (Å²) in [6.45, 7) is 1.68. The van der Waals surface area contributed by atoms with E-state index in [1.165, 1.54) is 37.3 Å². The Morgan fingerprint density at radius 1 is 1.29 bits per heavy atom. The van der Waals surface area contributed by atoms with Gasteiger partial charge in [0.2, 0.25) is 0 Å². The van der Waals surface area contributed by atoms with Gasteiger partial charge in [-0.05, 0) is 30.7 Å². The van der Waals surface area contributed by atoms with E-state index in [-0.39, 0.29) is 18.1 Å². The first-order chi connectivity index (χ1) is 9.97. The minimum Gasteiger partial charge on any atom is -0.489 e. The molecular formula is C15H14FNO4. The number of nitrogens with zero attached hydrogens (tertiary/aromatic N) is 1. The maximum atomic E-state index is 12.8. The first-order valence-corrected chi connectivity index (χ1v) is 6.31. The first kappa shape index (κ1) is 14.9. The van der Waals surface area contributed by atoms with Crippen LogP contribution in [0.25, 0.3) is 0 Å². The molecule has 0 aliphatic heterocycles. The Morgan fingerprint density at radius 3 is 2.52 bits per heavy atom. The molecule has 2 aromatic rings. The lowest BCUT2D eigenvalue weighted by molar-refractivity contribution is -0.385. The summed E-state index contributed by atoms with van der Waals surface area (Å²) in [5.74, 6) is 0.0266. The molecule has 0 bridgehead atoms. The highest BCUT2D eigenvalue weighted by atomic mass is 19.1. The third-order valence-electron chi connectivity index (χ3n) is 2.96. The zero-order chi connectivity index (χ0) is 15.4. The van der Waals surface area contributed by atoms with E-state index in [1.807, 2.05) is 0 Å². The van der Waals surface area contributed by atoms with Gasteiger partial charge < -0.3 is 9.84 Å². The fourth-order valence-electron chi connectivity index (χ4n) is 1.85. The number of hydrogen-bond donors (Lipinski definition) is 1. The van der Waals surface area contributed by atoms with Crippen LogP contribution in [0.5, 0.6) is 5.75 Å². The molecule has 0 amide bonds. The monoisotopic (exact) mass is 291 g/mol. The van der Waals surface area contributed by atoms with Crippen molar-refractivity contribution >= 4 is 5.69 Å². The Kier molecular flexibility index (Phi) is 4.49. The minimum atomic E-state index is -0.895. The molecule has 0 fully saturated rings. The Hall–Kier alpha value is -2.47. The van der Waals surface area contributed by atoms with Gasteiger partial charge in [0.05, 0.1) is 11.0 Å². The lowest BCUT2D eigenvalue weighted by Crippen LogP contribution is -2.02. The Bertz CT molecular complexity index is 641. The summed E-state index contributed by atoms with van der Waals surface area (Å²) in [6.07, 6.45) is -0.895. The molecule has 6 heteroatoms. The van der Waals surface area contributed by atoms with Crippen LogP contribution in [0.15, 0.2) is 42.5 Å². The molecule has 110 valence electrons. The molecule has 2 aromatic carbocycles. The summed E-state index contributed by atoms with van der Waals surface area (Å²) in [6, 6.07) is 9.86. The summed E-state index contributed by atoms with van der Waals surface area (Å²) in [4.78, 5) is 10.2. The van der Waals surface area contributed by atoms with Crippen LogP contribution in [0.2, 0.25) is 0 Å². The lowest BCUT2D eigenvalue weighted by Gasteiger charge is -2.13. The summed E-state index contributed by atoms with van der Waals surface area (Å²) in [5.41, 5.74) is 0.984. The molecule has 0 aromatic heterocycles. The van der Waals surface area contributed by atoms with Gasteiger partial charge >= 0.3 is 0 Å². The summed E-state index contributed by atoms with van der Waals surface area (Å²) < 4.78 is 18.4. The second-order valence-corrected chi connectivity index (χ2v) is 4.57. The fourth-order valence-corrected chi connectivity index (χ4v) is 1.85. The van der Waals surface area contributed by atoms with Crippen LogP contribution in [-0.2, 0) is 6.61 Å². The fraction of sp³-hybridized carbons (Fsp3) is 0.200. The lowest BCUT2D eigenvalue weighted by atomic mass is 10.1. The number of ether oxygens (including phenoxy) is 1. The molecule has 1 N–H and O–H groups in total. The standard InChI is InChI=1S/C15H14FNO4/c1-10(18)14-8-13(17(19)20)6-7-15(14)21-9-11-2-4-12(16)5-3-11/h2-8,10,18H,9H2,1H3/t10-/m0/s1. The number of aliphatic hydroxyl groups excluding tert-OH is 1. The average Bonchev–Trinajstić information content (AvgIpc) is 2.46. The van der Waals surface area contributed by atoms with Gasteiger partial charge in [-0.3, -0.25) is 10.1 Å². The highest BCUT2D eigenvalue weighted by Gasteiger charge is 2.15. The van der Waals surface area contributed by atoms with Crippen LogP contribution in [0.1, 0.15) is 24.2 Å². The van der Waals surface area contributed by atoms with Crippen LogP contribution in [-0.4, -0.2) is 10.0 Å². The molecule has 0 aliphatic rings. The van der Waals surface area contributed by atoms with E-state index in [1.54, 1.807) is 12.1 Å². The van der Waals surface area contributed by atoms with Crippen molar-refractivity contribution < 1.29 is 19.2 Å². The molecule has 0 heterocycles. The number of halogens is 1. The second kappa shape index (κ2) is 6.32. The van der Waals surface area contributed by atoms with Crippen LogP contribution in [0, 0.1) is 15.9 Å². The van der Waals surface area contributed by atoms with Crippen molar-refractivity contribution in [1.29, 1.82) is 0 Å². The number of rotatable bonds is 5. The van der Waals surface area contributed by atoms with E-state index in [4.69, 9.17) is 4.74 Å². The molecule has 0 saturated carbocycles. The molecule has 2 rings (SSSR count). The second-order valence-electron chi connectivity index (χ2n) is 4.57. The Morgan fingerprint density at radius 2 is 1.95 bits per heavy atom. The Balaban J connectivity index is 2.19. The van der Waals surface area contributed by atoms with Crippen LogP contribution in [0.3, 0.4) is 0 Å². The van der Waals surface area contributed by atoms with Gasteiger partial charge in [0, 0.05) is 17.7 Å². The molecule has 0 saturated heterocycles. The molecule has 0 aliphatic carbocycles. The molecular weight excluding hydrogens is 277 g/mol. The average molecular weight is 291 g/mol. The third-order valence-corrected chi connectivity index (χ3v) is 2.96. The predicted molar refractivity (Wildman–Crippen MR) is 74.5 cm³/mol. The topological polar surface area (TPSA) is 72.6 Å². The zero-order valence-electron chi connectivity index (χ0n) is 11.3. The normalized spacial score (nSPS) is 12.0. The number of nitro groups is 1. The minimum absolute atomic E-state index is 0.111. The van der Waals surface area contributed by atoms with Crippen molar-refractivity contribution in [2.75, 3.05) is 0 Å². The first-order valence-electron chi connectivity index (χ1n) is 6.31. The molecule has 21 heavy (non-hydrogen) atoms. The highest BCUT2D eigenvalue weighted by Crippen LogP contribution is 2.29. The van der Waals surface area contributed by atoms with Gasteiger partial charge in [0.15, 0.2) is 0 Å². The van der Waals surface area contributed by atoms with Crippen LogP contribution < -0.4 is 4.74 Å². The molecule has 5 nitrogen and oxygen atoms in total. The van der Waals surface area contributed by atoms with Crippen LogP contribution >= 0.6 is 0 Å². The SMILES string of the molecule is C[C@H](O)c1cc([N+](=O)[O-])ccc1OCc1ccc(F)cc1. The quantitative estimate of drug-likeness (QED) is 0.677. The van der Waals surface area contributed by atoms with Gasteiger partial charge in [-0.25, -0.2) is 4.39 Å². The predicted octanol–water partition coefficient (Wildman–Crippen LogP) is 3.37. The van der Waals surface area contributed by atoms with Crippen LogP contribution in [0.4, 0.5) is 10.1 Å². The summed E-state index contributed by atoms with van der Waals surface area (Å²) in [7, 11) is 0. The van der Waals surface area contributed by atoms with E-state index in [0.717, 1.165) is 5.56 Å². The van der Waals surface area contributed by atoms with Crippen molar-refractivity contribution in [2.45, 2.75) is 19.6 Å². The van der Waals surface area contributed by atoms with Gasteiger partial charge in [0.1, 0.15) is 18.2 Å². The molecule has 0 spiro atoms. The summed E-state index contributed by atoms with van der Waals surface area (Å²) >= 11 is 0. The Labute approximate surface area is 120 Å². The highest BCUT2D eigenvalue weighted by molar-refractivity contribution is 5.44. The molecule has 0 radical (unpaired) electrons. The van der Waals surface area contributed by atoms with Gasteiger partial charge in [-0.15, -0.1) is 0 Å². The van der Waals surface area contributed by atoms with Crippen molar-refractivity contribution in [3.05, 3.63) is 69.5 Å². The number of benzene rings is 2. The molecule has 0 unspecified atom stereocenters. The molecule has 1 atom stereocenters. The number of aliphatic hydroxyl groups is 1. The van der Waals surface area contributed by atoms with E-state index in [9.17, 15) is 19.6 Å². The van der Waals surface area contributed by atoms with Gasteiger partial charge in [-0.2, -0.15) is 0 Å². The van der Waals surface area contributed by atoms with Crippen molar-refractivity contribution in [3.8, 4) is 5.75 Å². The zero-order valence-corrected chi connectivity index (χ0v) is 11.3. The van der Waals surface area contributed by atoms with E-state index in [2.05, 4.69) is 0 Å². The van der Waals surface area contributed by atoms with E-state index < -0.39 is 11.0 Å². The van der Waals surface area contributed by atoms with E-state index in [0.29, 0.717) is 11.3 Å². The van der Waals surface area contributed by atoms with Gasteiger partial charge in [-0.1, -0.05) is 12.1 Å². The smallest absolute Gasteiger partial charge is 0.270 e. The number of non-ortho nitro benzene ring substituents is 1. The van der Waals surface area contributed by atoms with Gasteiger partial charge in [0.25, 0.3) is 5.69 Å².